The summed E-state index contributed by atoms with van der Waals surface area (Å²) in [6, 6.07) is 12.8. The number of imide groups is 1. The van der Waals surface area contributed by atoms with E-state index >= 15 is 0 Å². The van der Waals surface area contributed by atoms with E-state index in [4.69, 9.17) is 4.74 Å². The number of hydrogen-bond donors (Lipinski definition) is 1. The molecule has 0 saturated carbocycles. The Morgan fingerprint density at radius 1 is 1.16 bits per heavy atom. The summed E-state index contributed by atoms with van der Waals surface area (Å²) in [5.41, 5.74) is 0.950. The van der Waals surface area contributed by atoms with Crippen LogP contribution in [0.25, 0.3) is 6.08 Å². The molecule has 1 aliphatic heterocycles. The lowest BCUT2D eigenvalue weighted by Crippen LogP contribution is -2.37. The lowest BCUT2D eigenvalue weighted by atomic mass is 10.2. The van der Waals surface area contributed by atoms with Crippen LogP contribution in [0.5, 0.6) is 11.5 Å². The van der Waals surface area contributed by atoms with Crippen molar-refractivity contribution in [1.82, 2.24) is 10.2 Å². The first-order chi connectivity index (χ1) is 14.9. The zero-order valence-electron chi connectivity index (χ0n) is 16.3. The Bertz CT molecular complexity index is 1010. The molecule has 0 aliphatic carbocycles. The molecule has 1 heterocycles. The van der Waals surface area contributed by atoms with E-state index in [0.29, 0.717) is 11.1 Å². The van der Waals surface area contributed by atoms with Crippen molar-refractivity contribution in [3.63, 3.8) is 0 Å². The second-order valence-electron chi connectivity index (χ2n) is 6.24. The molecule has 10 heteroatoms. The molecule has 3 rings (SSSR count). The summed E-state index contributed by atoms with van der Waals surface area (Å²) in [6.45, 7) is -2.88. The lowest BCUT2D eigenvalue weighted by Gasteiger charge is -2.13. The van der Waals surface area contributed by atoms with Crippen LogP contribution in [0, 0.1) is 0 Å². The van der Waals surface area contributed by atoms with Gasteiger partial charge in [0.2, 0.25) is 0 Å². The van der Waals surface area contributed by atoms with E-state index in [1.165, 1.54) is 31.4 Å². The molecule has 7 nitrogen and oxygen atoms in total. The van der Waals surface area contributed by atoms with Crippen molar-refractivity contribution < 1.29 is 32.6 Å². The molecule has 1 N–H and O–H groups in total. The van der Waals surface area contributed by atoms with Crippen molar-refractivity contribution >= 4 is 34.9 Å². The quantitative estimate of drug-likeness (QED) is 0.619. The molecule has 0 unspecified atom stereocenters. The van der Waals surface area contributed by atoms with Crippen LogP contribution in [0.2, 0.25) is 0 Å². The van der Waals surface area contributed by atoms with Crippen LogP contribution in [-0.4, -0.2) is 48.8 Å². The molecule has 0 aromatic heterocycles. The van der Waals surface area contributed by atoms with Crippen LogP contribution in [0.15, 0.2) is 53.4 Å². The van der Waals surface area contributed by atoms with Crippen LogP contribution in [0.3, 0.4) is 0 Å². The molecule has 2 aromatic rings. The molecule has 0 radical (unpaired) electrons. The standard InChI is InChI=1S/C21H18F2N2O5S/c1-29-16-11-13(7-8-15(16)30-20(22)23)12-17-19(27)25(21(28)31-17)10-9-24-18(26)14-5-3-2-4-6-14/h2-8,11-12,20H,9-10H2,1H3,(H,24,26)/b17-12-. The fourth-order valence-electron chi connectivity index (χ4n) is 2.78. The van der Waals surface area contributed by atoms with E-state index in [9.17, 15) is 23.2 Å². The van der Waals surface area contributed by atoms with E-state index in [1.54, 1.807) is 30.3 Å². The van der Waals surface area contributed by atoms with Gasteiger partial charge >= 0.3 is 6.61 Å². The van der Waals surface area contributed by atoms with Gasteiger partial charge in [-0.05, 0) is 47.7 Å². The Morgan fingerprint density at radius 2 is 1.90 bits per heavy atom. The monoisotopic (exact) mass is 448 g/mol. The number of alkyl halides is 2. The van der Waals surface area contributed by atoms with Gasteiger partial charge in [-0.3, -0.25) is 19.3 Å². The van der Waals surface area contributed by atoms with Gasteiger partial charge in [-0.1, -0.05) is 24.3 Å². The molecule has 2 aromatic carbocycles. The number of methoxy groups -OCH3 is 1. The zero-order valence-corrected chi connectivity index (χ0v) is 17.2. The van der Waals surface area contributed by atoms with Gasteiger partial charge in [-0.2, -0.15) is 8.78 Å². The van der Waals surface area contributed by atoms with E-state index in [2.05, 4.69) is 10.1 Å². The minimum Gasteiger partial charge on any atom is -0.493 e. The van der Waals surface area contributed by atoms with E-state index in [-0.39, 0.29) is 35.4 Å². The Balaban J connectivity index is 1.64. The van der Waals surface area contributed by atoms with Crippen LogP contribution in [0.4, 0.5) is 13.6 Å². The van der Waals surface area contributed by atoms with Gasteiger partial charge in [-0.15, -0.1) is 0 Å². The number of thioether (sulfide) groups is 1. The van der Waals surface area contributed by atoms with Crippen molar-refractivity contribution in [2.75, 3.05) is 20.2 Å². The summed E-state index contributed by atoms with van der Waals surface area (Å²) in [5, 5.41) is 2.20. The number of halogens is 2. The fourth-order valence-corrected chi connectivity index (χ4v) is 3.65. The van der Waals surface area contributed by atoms with E-state index < -0.39 is 17.8 Å². The average molecular weight is 448 g/mol. The van der Waals surface area contributed by atoms with Crippen molar-refractivity contribution in [1.29, 1.82) is 0 Å². The summed E-state index contributed by atoms with van der Waals surface area (Å²) in [5.74, 6) is -0.883. The second kappa shape index (κ2) is 10.1. The number of amides is 3. The van der Waals surface area contributed by atoms with Gasteiger partial charge in [0.05, 0.1) is 12.0 Å². The van der Waals surface area contributed by atoms with Gasteiger partial charge in [-0.25, -0.2) is 0 Å². The fraction of sp³-hybridized carbons (Fsp3) is 0.190. The molecular weight excluding hydrogens is 430 g/mol. The van der Waals surface area contributed by atoms with Gasteiger partial charge in [0.15, 0.2) is 11.5 Å². The molecule has 1 saturated heterocycles. The molecule has 31 heavy (non-hydrogen) atoms. The maximum Gasteiger partial charge on any atom is 0.387 e. The van der Waals surface area contributed by atoms with Crippen molar-refractivity contribution in [3.05, 3.63) is 64.6 Å². The summed E-state index contributed by atoms with van der Waals surface area (Å²) in [7, 11) is 1.30. The number of ether oxygens (including phenoxy) is 2. The first-order valence-corrected chi connectivity index (χ1v) is 9.92. The predicted molar refractivity (Wildman–Crippen MR) is 111 cm³/mol. The summed E-state index contributed by atoms with van der Waals surface area (Å²) >= 11 is 0.754. The average Bonchev–Trinajstić information content (AvgIpc) is 3.02. The van der Waals surface area contributed by atoms with Crippen molar-refractivity contribution in [2.24, 2.45) is 0 Å². The number of carbonyl (C=O) groups is 3. The molecule has 3 amide bonds. The molecule has 162 valence electrons. The third kappa shape index (κ3) is 5.60. The number of carbonyl (C=O) groups excluding carboxylic acids is 3. The Morgan fingerprint density at radius 3 is 2.58 bits per heavy atom. The number of rotatable bonds is 8. The number of hydrogen-bond acceptors (Lipinski definition) is 6. The topological polar surface area (TPSA) is 84.9 Å². The van der Waals surface area contributed by atoms with Gasteiger partial charge in [0.25, 0.3) is 17.1 Å². The summed E-state index contributed by atoms with van der Waals surface area (Å²) < 4.78 is 34.3. The van der Waals surface area contributed by atoms with E-state index in [1.807, 2.05) is 0 Å². The summed E-state index contributed by atoms with van der Waals surface area (Å²) in [6.07, 6.45) is 1.46. The minimum atomic E-state index is -3.00. The third-order valence-corrected chi connectivity index (χ3v) is 5.14. The van der Waals surface area contributed by atoms with Crippen LogP contribution in [-0.2, 0) is 4.79 Å². The Kier molecular flexibility index (Phi) is 7.24. The Hall–Kier alpha value is -3.40. The van der Waals surface area contributed by atoms with Crippen LogP contribution in [0.1, 0.15) is 15.9 Å². The second-order valence-corrected chi connectivity index (χ2v) is 7.24. The lowest BCUT2D eigenvalue weighted by molar-refractivity contribution is -0.122. The molecule has 0 atom stereocenters. The molecule has 1 aliphatic rings. The smallest absolute Gasteiger partial charge is 0.387 e. The van der Waals surface area contributed by atoms with Gasteiger partial charge in [0, 0.05) is 18.7 Å². The highest BCUT2D eigenvalue weighted by Crippen LogP contribution is 2.34. The van der Waals surface area contributed by atoms with Crippen molar-refractivity contribution in [3.8, 4) is 11.5 Å². The largest absolute Gasteiger partial charge is 0.493 e. The predicted octanol–water partition coefficient (Wildman–Crippen LogP) is 3.76. The molecule has 1 fully saturated rings. The normalized spacial score (nSPS) is 15.0. The third-order valence-electron chi connectivity index (χ3n) is 4.23. The number of nitrogens with zero attached hydrogens (tertiary/aromatic N) is 1. The van der Waals surface area contributed by atoms with Crippen LogP contribution < -0.4 is 14.8 Å². The highest BCUT2D eigenvalue weighted by Gasteiger charge is 2.34. The minimum absolute atomic E-state index is 0.0189. The number of benzene rings is 2. The van der Waals surface area contributed by atoms with Gasteiger partial charge in [0.1, 0.15) is 0 Å². The SMILES string of the molecule is COc1cc(/C=C2\SC(=O)N(CCNC(=O)c3ccccc3)C2=O)ccc1OC(F)F. The molecule has 0 spiro atoms. The maximum atomic E-state index is 12.6. The molecule has 0 bridgehead atoms. The van der Waals surface area contributed by atoms with Gasteiger partial charge < -0.3 is 14.8 Å². The Labute approximate surface area is 181 Å². The highest BCUT2D eigenvalue weighted by molar-refractivity contribution is 8.18. The number of nitrogens with one attached hydrogen (secondary N) is 1. The summed E-state index contributed by atoms with van der Waals surface area (Å²) in [4.78, 5) is 38.1. The maximum absolute atomic E-state index is 12.6. The first kappa shape index (κ1) is 22.3. The highest BCUT2D eigenvalue weighted by atomic mass is 32.2. The first-order valence-electron chi connectivity index (χ1n) is 9.10. The zero-order chi connectivity index (χ0) is 22.4. The van der Waals surface area contributed by atoms with Crippen molar-refractivity contribution in [2.45, 2.75) is 6.61 Å². The molecular formula is C21H18F2N2O5S. The van der Waals surface area contributed by atoms with E-state index in [0.717, 1.165) is 16.7 Å². The van der Waals surface area contributed by atoms with Crippen LogP contribution >= 0.6 is 11.8 Å².